The molecule has 0 aromatic heterocycles. The van der Waals surface area contributed by atoms with Crippen LogP contribution in [0.5, 0.6) is 0 Å². The van der Waals surface area contributed by atoms with Crippen molar-refractivity contribution >= 4 is 0 Å². The van der Waals surface area contributed by atoms with E-state index in [0.29, 0.717) is 12.5 Å². The Kier molecular flexibility index (Phi) is 8.72. The molecule has 0 heterocycles. The minimum Gasteiger partial charge on any atom is -0.396 e. The van der Waals surface area contributed by atoms with Gasteiger partial charge in [0.2, 0.25) is 0 Å². The molecule has 0 amide bonds. The summed E-state index contributed by atoms with van der Waals surface area (Å²) in [6.07, 6.45) is 12.0. The first-order valence-electron chi connectivity index (χ1n) is 7.70. The summed E-state index contributed by atoms with van der Waals surface area (Å²) in [5.41, 5.74) is 0. The molecule has 1 aliphatic rings. The first-order valence-corrected chi connectivity index (χ1v) is 7.70. The quantitative estimate of drug-likeness (QED) is 0.504. The number of aliphatic hydroxyl groups is 1. The average Bonchev–Trinajstić information content (AvgIpc) is 2.63. The van der Waals surface area contributed by atoms with Crippen molar-refractivity contribution in [1.29, 1.82) is 0 Å². The third kappa shape index (κ3) is 6.42. The van der Waals surface area contributed by atoms with Gasteiger partial charge in [-0.1, -0.05) is 51.9 Å². The summed E-state index contributed by atoms with van der Waals surface area (Å²) in [5, 5.41) is 13.0. The van der Waals surface area contributed by atoms with Gasteiger partial charge in [-0.05, 0) is 37.8 Å². The van der Waals surface area contributed by atoms with E-state index in [1.54, 1.807) is 0 Å². The van der Waals surface area contributed by atoms with Gasteiger partial charge in [0.1, 0.15) is 0 Å². The van der Waals surface area contributed by atoms with E-state index in [2.05, 4.69) is 12.2 Å². The maximum Gasteiger partial charge on any atom is 0.0462 e. The number of nitrogens with one attached hydrogen (secondary N) is 1. The third-order valence-corrected chi connectivity index (χ3v) is 4.20. The van der Waals surface area contributed by atoms with Gasteiger partial charge in [0.15, 0.2) is 0 Å². The summed E-state index contributed by atoms with van der Waals surface area (Å²) >= 11 is 0. The number of aliphatic hydroxyl groups excluding tert-OH is 1. The zero-order chi connectivity index (χ0) is 12.3. The highest BCUT2D eigenvalue weighted by molar-refractivity contribution is 4.73. The Morgan fingerprint density at radius 3 is 2.41 bits per heavy atom. The van der Waals surface area contributed by atoms with Crippen LogP contribution in [-0.4, -0.2) is 24.8 Å². The molecule has 1 fully saturated rings. The predicted molar refractivity (Wildman–Crippen MR) is 74.2 cm³/mol. The fourth-order valence-corrected chi connectivity index (χ4v) is 2.97. The van der Waals surface area contributed by atoms with E-state index >= 15 is 0 Å². The molecule has 1 unspecified atom stereocenters. The largest absolute Gasteiger partial charge is 0.396 e. The second-order valence-corrected chi connectivity index (χ2v) is 5.59. The number of hydrogen-bond donors (Lipinski definition) is 2. The van der Waals surface area contributed by atoms with Gasteiger partial charge in [0.25, 0.3) is 0 Å². The van der Waals surface area contributed by atoms with Crippen LogP contribution in [0.3, 0.4) is 0 Å². The van der Waals surface area contributed by atoms with Crippen LogP contribution in [0.25, 0.3) is 0 Å². The maximum absolute atomic E-state index is 9.55. The maximum atomic E-state index is 9.55. The second kappa shape index (κ2) is 9.90. The minimum absolute atomic E-state index is 0.389. The molecule has 0 aromatic rings. The predicted octanol–water partition coefficient (Wildman–Crippen LogP) is 3.35. The molecule has 0 radical (unpaired) electrons. The monoisotopic (exact) mass is 241 g/mol. The molecule has 0 aromatic carbocycles. The van der Waals surface area contributed by atoms with E-state index in [9.17, 15) is 5.11 Å². The molecule has 1 saturated carbocycles. The lowest BCUT2D eigenvalue weighted by molar-refractivity contribution is 0.155. The summed E-state index contributed by atoms with van der Waals surface area (Å²) < 4.78 is 0. The smallest absolute Gasteiger partial charge is 0.0462 e. The lowest BCUT2D eigenvalue weighted by Gasteiger charge is -2.24. The summed E-state index contributed by atoms with van der Waals surface area (Å²) in [6, 6.07) is 0. The Balaban J connectivity index is 2.16. The molecule has 1 rings (SSSR count). The van der Waals surface area contributed by atoms with E-state index in [1.807, 2.05) is 0 Å². The molecule has 2 heteroatoms. The van der Waals surface area contributed by atoms with E-state index in [-0.39, 0.29) is 0 Å². The van der Waals surface area contributed by atoms with Gasteiger partial charge in [-0.15, -0.1) is 0 Å². The Labute approximate surface area is 107 Å². The zero-order valence-electron chi connectivity index (χ0n) is 11.6. The van der Waals surface area contributed by atoms with Gasteiger partial charge in [0, 0.05) is 6.61 Å². The SMILES string of the molecule is CCCCNCCC(CO)C1CCCCCC1. The number of unbranched alkanes of at least 4 members (excludes halogenated alkanes) is 1. The molecule has 2 N–H and O–H groups in total. The third-order valence-electron chi connectivity index (χ3n) is 4.20. The molecule has 0 saturated heterocycles. The molecule has 1 aliphatic carbocycles. The molecule has 102 valence electrons. The Bertz CT molecular complexity index is 164. The van der Waals surface area contributed by atoms with Gasteiger partial charge in [-0.25, -0.2) is 0 Å². The van der Waals surface area contributed by atoms with Gasteiger partial charge in [0.05, 0.1) is 0 Å². The summed E-state index contributed by atoms with van der Waals surface area (Å²) in [4.78, 5) is 0. The average molecular weight is 241 g/mol. The molecule has 0 bridgehead atoms. The molecule has 0 spiro atoms. The molecule has 2 nitrogen and oxygen atoms in total. The van der Waals surface area contributed by atoms with Crippen LogP contribution in [0.15, 0.2) is 0 Å². The van der Waals surface area contributed by atoms with Crippen molar-refractivity contribution in [3.8, 4) is 0 Å². The highest BCUT2D eigenvalue weighted by Crippen LogP contribution is 2.30. The van der Waals surface area contributed by atoms with Crippen molar-refractivity contribution in [2.75, 3.05) is 19.7 Å². The number of rotatable bonds is 8. The molecular weight excluding hydrogens is 210 g/mol. The summed E-state index contributed by atoms with van der Waals surface area (Å²) in [7, 11) is 0. The van der Waals surface area contributed by atoms with Crippen LogP contribution in [0.1, 0.15) is 64.7 Å². The Hall–Kier alpha value is -0.0800. The van der Waals surface area contributed by atoms with Crippen LogP contribution in [0.4, 0.5) is 0 Å². The van der Waals surface area contributed by atoms with Crippen LogP contribution >= 0.6 is 0 Å². The van der Waals surface area contributed by atoms with Gasteiger partial charge < -0.3 is 10.4 Å². The van der Waals surface area contributed by atoms with Gasteiger partial charge >= 0.3 is 0 Å². The van der Waals surface area contributed by atoms with Crippen molar-refractivity contribution in [2.45, 2.75) is 64.7 Å². The highest BCUT2D eigenvalue weighted by atomic mass is 16.3. The molecular formula is C15H31NO. The minimum atomic E-state index is 0.389. The second-order valence-electron chi connectivity index (χ2n) is 5.59. The first-order chi connectivity index (χ1) is 8.38. The standard InChI is InChI=1S/C15H31NO/c1-2-3-11-16-12-10-15(13-17)14-8-6-4-5-7-9-14/h14-17H,2-13H2,1H3. The summed E-state index contributed by atoms with van der Waals surface area (Å²) in [6.45, 7) is 4.84. The van der Waals surface area contributed by atoms with E-state index < -0.39 is 0 Å². The molecule has 0 aliphatic heterocycles. The lowest BCUT2D eigenvalue weighted by Crippen LogP contribution is -2.25. The van der Waals surface area contributed by atoms with E-state index in [0.717, 1.165) is 25.4 Å². The van der Waals surface area contributed by atoms with Crippen LogP contribution < -0.4 is 5.32 Å². The van der Waals surface area contributed by atoms with Crippen molar-refractivity contribution in [3.63, 3.8) is 0 Å². The van der Waals surface area contributed by atoms with Crippen LogP contribution in [0.2, 0.25) is 0 Å². The van der Waals surface area contributed by atoms with Gasteiger partial charge in [-0.3, -0.25) is 0 Å². The fraction of sp³-hybridized carbons (Fsp3) is 1.00. The van der Waals surface area contributed by atoms with Crippen molar-refractivity contribution in [2.24, 2.45) is 11.8 Å². The van der Waals surface area contributed by atoms with Crippen molar-refractivity contribution in [1.82, 2.24) is 5.32 Å². The Morgan fingerprint density at radius 1 is 1.12 bits per heavy atom. The van der Waals surface area contributed by atoms with Crippen LogP contribution in [-0.2, 0) is 0 Å². The van der Waals surface area contributed by atoms with Crippen molar-refractivity contribution < 1.29 is 5.11 Å². The van der Waals surface area contributed by atoms with Crippen LogP contribution in [0, 0.1) is 11.8 Å². The lowest BCUT2D eigenvalue weighted by atomic mass is 9.84. The zero-order valence-corrected chi connectivity index (χ0v) is 11.6. The number of hydrogen-bond acceptors (Lipinski definition) is 2. The molecule has 17 heavy (non-hydrogen) atoms. The topological polar surface area (TPSA) is 32.3 Å². The van der Waals surface area contributed by atoms with E-state index in [4.69, 9.17) is 0 Å². The van der Waals surface area contributed by atoms with E-state index in [1.165, 1.54) is 51.4 Å². The normalized spacial score (nSPS) is 20.1. The Morgan fingerprint density at radius 2 is 1.82 bits per heavy atom. The summed E-state index contributed by atoms with van der Waals surface area (Å²) in [5.74, 6) is 1.33. The van der Waals surface area contributed by atoms with Gasteiger partial charge in [-0.2, -0.15) is 0 Å². The molecule has 1 atom stereocenters. The van der Waals surface area contributed by atoms with Crippen molar-refractivity contribution in [3.05, 3.63) is 0 Å². The fourth-order valence-electron chi connectivity index (χ4n) is 2.97. The highest BCUT2D eigenvalue weighted by Gasteiger charge is 2.21. The first kappa shape index (κ1) is 15.0.